The van der Waals surface area contributed by atoms with Crippen molar-refractivity contribution in [2.75, 3.05) is 17.7 Å². The highest BCUT2D eigenvalue weighted by molar-refractivity contribution is 5.58. The summed E-state index contributed by atoms with van der Waals surface area (Å²) >= 11 is 0. The van der Waals surface area contributed by atoms with Crippen LogP contribution in [0.15, 0.2) is 49.1 Å². The lowest BCUT2D eigenvalue weighted by molar-refractivity contribution is 0.772. The molecule has 1 aliphatic carbocycles. The lowest BCUT2D eigenvalue weighted by Gasteiger charge is -2.14. The molecule has 0 radical (unpaired) electrons. The molecule has 0 bridgehead atoms. The van der Waals surface area contributed by atoms with Gasteiger partial charge in [0.25, 0.3) is 0 Å². The van der Waals surface area contributed by atoms with Gasteiger partial charge in [-0.05, 0) is 18.4 Å². The van der Waals surface area contributed by atoms with E-state index < -0.39 is 0 Å². The summed E-state index contributed by atoms with van der Waals surface area (Å²) in [5.41, 5.74) is 4.38. The molecule has 120 valence electrons. The van der Waals surface area contributed by atoms with Crippen molar-refractivity contribution in [3.8, 4) is 0 Å². The molecule has 1 aromatic carbocycles. The highest BCUT2D eigenvalue weighted by Crippen LogP contribution is 2.40. The SMILES string of the molecule is CNc1nc(Nc2cncnc2)nc2c1CCC2c1ccccc1. The average molecular weight is 318 g/mol. The average Bonchev–Trinajstić information content (AvgIpc) is 3.06. The maximum absolute atomic E-state index is 4.80. The molecule has 3 aromatic rings. The fourth-order valence-corrected chi connectivity index (χ4v) is 3.23. The van der Waals surface area contributed by atoms with E-state index in [9.17, 15) is 0 Å². The number of fused-ring (bicyclic) bond motifs is 1. The Bertz CT molecular complexity index is 835. The number of nitrogens with zero attached hydrogens (tertiary/aromatic N) is 4. The van der Waals surface area contributed by atoms with Crippen molar-refractivity contribution in [2.24, 2.45) is 0 Å². The zero-order chi connectivity index (χ0) is 16.4. The molecule has 6 nitrogen and oxygen atoms in total. The molecule has 2 heterocycles. The van der Waals surface area contributed by atoms with Crippen molar-refractivity contribution in [3.05, 3.63) is 65.9 Å². The Hall–Kier alpha value is -3.02. The Labute approximate surface area is 140 Å². The van der Waals surface area contributed by atoms with Gasteiger partial charge in [0.05, 0.1) is 23.8 Å². The van der Waals surface area contributed by atoms with E-state index in [1.165, 1.54) is 17.5 Å². The van der Waals surface area contributed by atoms with Crippen LogP contribution in [0.2, 0.25) is 0 Å². The van der Waals surface area contributed by atoms with Crippen molar-refractivity contribution in [2.45, 2.75) is 18.8 Å². The third-order valence-electron chi connectivity index (χ3n) is 4.31. The van der Waals surface area contributed by atoms with Crippen LogP contribution in [-0.2, 0) is 6.42 Å². The number of aromatic nitrogens is 4. The molecular formula is C18H18N6. The van der Waals surface area contributed by atoms with Crippen LogP contribution in [0.25, 0.3) is 0 Å². The lowest BCUT2D eigenvalue weighted by Crippen LogP contribution is -2.08. The van der Waals surface area contributed by atoms with Crippen LogP contribution in [0.4, 0.5) is 17.5 Å². The molecule has 0 saturated heterocycles. The fraction of sp³-hybridized carbons (Fsp3) is 0.222. The summed E-state index contributed by atoms with van der Waals surface area (Å²) < 4.78 is 0. The van der Waals surface area contributed by atoms with Gasteiger partial charge in [-0.15, -0.1) is 0 Å². The van der Waals surface area contributed by atoms with Crippen LogP contribution in [0.3, 0.4) is 0 Å². The zero-order valence-corrected chi connectivity index (χ0v) is 13.4. The van der Waals surface area contributed by atoms with E-state index in [1.807, 2.05) is 13.1 Å². The summed E-state index contributed by atoms with van der Waals surface area (Å²) in [5, 5.41) is 6.40. The quantitative estimate of drug-likeness (QED) is 0.770. The minimum absolute atomic E-state index is 0.309. The number of nitrogens with one attached hydrogen (secondary N) is 2. The van der Waals surface area contributed by atoms with Gasteiger partial charge in [0.1, 0.15) is 12.1 Å². The molecule has 4 rings (SSSR count). The molecule has 2 aromatic heterocycles. The molecule has 2 N–H and O–H groups in total. The summed E-state index contributed by atoms with van der Waals surface area (Å²) in [6, 6.07) is 10.5. The maximum Gasteiger partial charge on any atom is 0.229 e. The van der Waals surface area contributed by atoms with Crippen LogP contribution in [0.1, 0.15) is 29.2 Å². The van der Waals surface area contributed by atoms with E-state index in [0.717, 1.165) is 30.0 Å². The third-order valence-corrected chi connectivity index (χ3v) is 4.31. The Balaban J connectivity index is 1.74. The van der Waals surface area contributed by atoms with Crippen LogP contribution >= 0.6 is 0 Å². The normalized spacial score (nSPS) is 15.8. The number of anilines is 3. The molecule has 0 fully saturated rings. The van der Waals surface area contributed by atoms with Crippen LogP contribution in [-0.4, -0.2) is 27.0 Å². The van der Waals surface area contributed by atoms with Crippen LogP contribution < -0.4 is 10.6 Å². The second-order valence-corrected chi connectivity index (χ2v) is 5.76. The minimum Gasteiger partial charge on any atom is -0.373 e. The topological polar surface area (TPSA) is 75.6 Å². The second-order valence-electron chi connectivity index (χ2n) is 5.76. The first-order chi connectivity index (χ1) is 11.8. The van der Waals surface area contributed by atoms with Gasteiger partial charge in [0.15, 0.2) is 0 Å². The lowest BCUT2D eigenvalue weighted by atomic mass is 9.97. The van der Waals surface area contributed by atoms with Gasteiger partial charge in [-0.2, -0.15) is 4.98 Å². The van der Waals surface area contributed by atoms with E-state index in [1.54, 1.807) is 12.4 Å². The van der Waals surface area contributed by atoms with Crippen LogP contribution in [0, 0.1) is 0 Å². The van der Waals surface area contributed by atoms with Gasteiger partial charge in [-0.1, -0.05) is 30.3 Å². The number of benzene rings is 1. The molecule has 6 heteroatoms. The van der Waals surface area contributed by atoms with Gasteiger partial charge in [0, 0.05) is 18.5 Å². The van der Waals surface area contributed by atoms with E-state index in [2.05, 4.69) is 49.9 Å². The Morgan fingerprint density at radius 2 is 1.83 bits per heavy atom. The summed E-state index contributed by atoms with van der Waals surface area (Å²) in [6.45, 7) is 0. The van der Waals surface area contributed by atoms with Gasteiger partial charge < -0.3 is 10.6 Å². The molecule has 0 saturated carbocycles. The van der Waals surface area contributed by atoms with E-state index in [-0.39, 0.29) is 0 Å². The van der Waals surface area contributed by atoms with Gasteiger partial charge in [-0.25, -0.2) is 15.0 Å². The highest BCUT2D eigenvalue weighted by atomic mass is 15.2. The first kappa shape index (κ1) is 14.6. The minimum atomic E-state index is 0.309. The Kier molecular flexibility index (Phi) is 3.78. The molecule has 24 heavy (non-hydrogen) atoms. The standard InChI is InChI=1S/C18H18N6/c1-19-17-15-8-7-14(12-5-3-2-4-6-12)16(15)23-18(24-17)22-13-9-20-11-21-10-13/h2-6,9-11,14H,7-8H2,1H3,(H2,19,22,23,24). The predicted molar refractivity (Wildman–Crippen MR) is 93.5 cm³/mol. The highest BCUT2D eigenvalue weighted by Gasteiger charge is 2.29. The first-order valence-electron chi connectivity index (χ1n) is 8.00. The van der Waals surface area contributed by atoms with Crippen molar-refractivity contribution in [3.63, 3.8) is 0 Å². The summed E-state index contributed by atoms with van der Waals surface area (Å²) in [7, 11) is 1.90. The number of hydrogen-bond acceptors (Lipinski definition) is 6. The van der Waals surface area contributed by atoms with Crippen molar-refractivity contribution >= 4 is 17.5 Å². The second kappa shape index (κ2) is 6.23. The third kappa shape index (κ3) is 2.67. The molecule has 1 aliphatic rings. The molecule has 0 amide bonds. The first-order valence-corrected chi connectivity index (χ1v) is 8.00. The van der Waals surface area contributed by atoms with Gasteiger partial charge in [0.2, 0.25) is 5.95 Å². The molecular weight excluding hydrogens is 300 g/mol. The molecule has 1 atom stereocenters. The zero-order valence-electron chi connectivity index (χ0n) is 13.4. The van der Waals surface area contributed by atoms with E-state index in [4.69, 9.17) is 4.98 Å². The van der Waals surface area contributed by atoms with Gasteiger partial charge >= 0.3 is 0 Å². The smallest absolute Gasteiger partial charge is 0.229 e. The molecule has 0 spiro atoms. The van der Waals surface area contributed by atoms with Crippen molar-refractivity contribution < 1.29 is 0 Å². The summed E-state index contributed by atoms with van der Waals surface area (Å²) in [5.74, 6) is 1.76. The Morgan fingerprint density at radius 1 is 1.04 bits per heavy atom. The van der Waals surface area contributed by atoms with Crippen molar-refractivity contribution in [1.29, 1.82) is 0 Å². The maximum atomic E-state index is 4.80. The number of rotatable bonds is 4. The Morgan fingerprint density at radius 3 is 2.58 bits per heavy atom. The number of hydrogen-bond donors (Lipinski definition) is 2. The fourth-order valence-electron chi connectivity index (χ4n) is 3.23. The largest absolute Gasteiger partial charge is 0.373 e. The van der Waals surface area contributed by atoms with Gasteiger partial charge in [-0.3, -0.25) is 0 Å². The van der Waals surface area contributed by atoms with E-state index in [0.29, 0.717) is 11.9 Å². The molecule has 1 unspecified atom stereocenters. The summed E-state index contributed by atoms with van der Waals surface area (Å²) in [4.78, 5) is 17.4. The monoisotopic (exact) mass is 318 g/mol. The van der Waals surface area contributed by atoms with Crippen LogP contribution in [0.5, 0.6) is 0 Å². The molecule has 0 aliphatic heterocycles. The summed E-state index contributed by atoms with van der Waals surface area (Å²) in [6.07, 6.45) is 6.95. The predicted octanol–water partition coefficient (Wildman–Crippen LogP) is 3.13. The van der Waals surface area contributed by atoms with Crippen molar-refractivity contribution in [1.82, 2.24) is 19.9 Å². The van der Waals surface area contributed by atoms with E-state index >= 15 is 0 Å².